The van der Waals surface area contributed by atoms with Crippen molar-refractivity contribution in [3.63, 3.8) is 0 Å². The van der Waals surface area contributed by atoms with Crippen LogP contribution in [0.4, 0.5) is 0 Å². The first-order valence-electron chi connectivity index (χ1n) is 9.94. The van der Waals surface area contributed by atoms with E-state index in [4.69, 9.17) is 0 Å². The SMILES string of the molecule is CN1CC(C)([C@](O)(c2ccc(Br)cc2)c2cncc(-c3cc(C(C)(C)O)[nH]n3)c2)C1. The number of aromatic nitrogens is 3. The summed E-state index contributed by atoms with van der Waals surface area (Å²) in [6.07, 6.45) is 3.46. The summed E-state index contributed by atoms with van der Waals surface area (Å²) in [5, 5.41) is 29.7. The summed E-state index contributed by atoms with van der Waals surface area (Å²) >= 11 is 3.49. The average molecular weight is 471 g/mol. The normalized spacial score (nSPS) is 18.6. The van der Waals surface area contributed by atoms with Gasteiger partial charge in [0.05, 0.1) is 11.4 Å². The lowest BCUT2D eigenvalue weighted by molar-refractivity contribution is -0.127. The van der Waals surface area contributed by atoms with E-state index in [-0.39, 0.29) is 5.41 Å². The number of rotatable bonds is 5. The molecule has 2 aromatic heterocycles. The van der Waals surface area contributed by atoms with Crippen LogP contribution in [0.25, 0.3) is 11.3 Å². The maximum Gasteiger partial charge on any atom is 0.124 e. The maximum atomic E-state index is 12.2. The molecule has 1 saturated heterocycles. The van der Waals surface area contributed by atoms with Gasteiger partial charge in [0.15, 0.2) is 0 Å². The molecule has 0 aliphatic carbocycles. The topological polar surface area (TPSA) is 85.3 Å². The highest BCUT2D eigenvalue weighted by Crippen LogP contribution is 2.50. The Morgan fingerprint density at radius 1 is 1.07 bits per heavy atom. The third-order valence-electron chi connectivity index (χ3n) is 6.06. The number of hydrogen-bond donors (Lipinski definition) is 3. The van der Waals surface area contributed by atoms with E-state index in [1.54, 1.807) is 26.2 Å². The molecule has 0 bridgehead atoms. The van der Waals surface area contributed by atoms with Gasteiger partial charge in [-0.1, -0.05) is 35.0 Å². The second kappa shape index (κ2) is 7.27. The van der Waals surface area contributed by atoms with E-state index in [2.05, 4.69) is 50.0 Å². The minimum absolute atomic E-state index is 0.361. The second-order valence-corrected chi connectivity index (χ2v) is 10.1. The summed E-state index contributed by atoms with van der Waals surface area (Å²) < 4.78 is 0.965. The Balaban J connectivity index is 1.82. The number of nitrogens with zero attached hydrogens (tertiary/aromatic N) is 3. The predicted octanol–water partition coefficient (Wildman–Crippen LogP) is 3.65. The number of benzene rings is 1. The summed E-state index contributed by atoms with van der Waals surface area (Å²) in [4.78, 5) is 6.63. The Morgan fingerprint density at radius 2 is 1.73 bits per heavy atom. The van der Waals surface area contributed by atoms with Gasteiger partial charge in [-0.15, -0.1) is 0 Å². The Bertz CT molecular complexity index is 1050. The van der Waals surface area contributed by atoms with Gasteiger partial charge >= 0.3 is 0 Å². The summed E-state index contributed by atoms with van der Waals surface area (Å²) in [5.41, 5.74) is 1.06. The fraction of sp³-hybridized carbons (Fsp3) is 0.391. The number of hydrogen-bond acceptors (Lipinski definition) is 5. The molecule has 0 spiro atoms. The highest BCUT2D eigenvalue weighted by Gasteiger charge is 2.55. The van der Waals surface area contributed by atoms with Crippen LogP contribution < -0.4 is 0 Å². The second-order valence-electron chi connectivity index (χ2n) is 9.14. The molecular weight excluding hydrogens is 444 g/mol. The maximum absolute atomic E-state index is 12.2. The van der Waals surface area contributed by atoms with Crippen LogP contribution in [-0.2, 0) is 11.2 Å². The van der Waals surface area contributed by atoms with Crippen molar-refractivity contribution in [2.45, 2.75) is 32.0 Å². The van der Waals surface area contributed by atoms with E-state index in [1.165, 1.54) is 0 Å². The lowest BCUT2D eigenvalue weighted by Crippen LogP contribution is -2.63. The molecule has 1 aliphatic heterocycles. The zero-order chi connectivity index (χ0) is 21.7. The van der Waals surface area contributed by atoms with E-state index in [1.807, 2.05) is 36.4 Å². The van der Waals surface area contributed by atoms with Crippen LogP contribution in [0.1, 0.15) is 37.6 Å². The zero-order valence-corrected chi connectivity index (χ0v) is 19.2. The molecule has 1 aromatic carbocycles. The Morgan fingerprint density at radius 3 is 2.30 bits per heavy atom. The number of aliphatic hydroxyl groups is 2. The molecule has 7 heteroatoms. The van der Waals surface area contributed by atoms with E-state index >= 15 is 0 Å². The highest BCUT2D eigenvalue weighted by atomic mass is 79.9. The van der Waals surface area contributed by atoms with Crippen LogP contribution in [-0.4, -0.2) is 50.4 Å². The number of likely N-dealkylation sites (tertiary alicyclic amines) is 1. The summed E-state index contributed by atoms with van der Waals surface area (Å²) in [5.74, 6) is 0. The number of pyridine rings is 1. The number of aromatic amines is 1. The van der Waals surface area contributed by atoms with Crippen molar-refractivity contribution in [2.75, 3.05) is 20.1 Å². The molecule has 158 valence electrons. The van der Waals surface area contributed by atoms with E-state index in [0.717, 1.165) is 34.3 Å². The number of halogens is 1. The molecule has 0 radical (unpaired) electrons. The quantitative estimate of drug-likeness (QED) is 0.529. The smallest absolute Gasteiger partial charge is 0.124 e. The molecule has 4 rings (SSSR count). The molecule has 0 amide bonds. The molecule has 6 nitrogen and oxygen atoms in total. The predicted molar refractivity (Wildman–Crippen MR) is 120 cm³/mol. The van der Waals surface area contributed by atoms with Crippen molar-refractivity contribution in [1.29, 1.82) is 0 Å². The van der Waals surface area contributed by atoms with Crippen molar-refractivity contribution in [3.8, 4) is 11.3 Å². The summed E-state index contributed by atoms with van der Waals surface area (Å²) in [7, 11) is 2.06. The summed E-state index contributed by atoms with van der Waals surface area (Å²) in [6, 6.07) is 11.6. The number of H-pyrrole nitrogens is 1. The van der Waals surface area contributed by atoms with Gasteiger partial charge in [0, 0.05) is 46.5 Å². The van der Waals surface area contributed by atoms with E-state index < -0.39 is 11.2 Å². The van der Waals surface area contributed by atoms with Crippen LogP contribution in [0.5, 0.6) is 0 Å². The van der Waals surface area contributed by atoms with E-state index in [9.17, 15) is 10.2 Å². The molecule has 1 fully saturated rings. The molecule has 0 saturated carbocycles. The molecular formula is C23H27BrN4O2. The average Bonchev–Trinajstić information content (AvgIpc) is 3.18. The third kappa shape index (κ3) is 3.50. The highest BCUT2D eigenvalue weighted by molar-refractivity contribution is 9.10. The minimum atomic E-state index is -1.21. The van der Waals surface area contributed by atoms with Gasteiger partial charge in [-0.25, -0.2) is 0 Å². The van der Waals surface area contributed by atoms with Crippen molar-refractivity contribution in [1.82, 2.24) is 20.1 Å². The van der Waals surface area contributed by atoms with Gasteiger partial charge in [0.2, 0.25) is 0 Å². The monoisotopic (exact) mass is 470 g/mol. The standard InChI is InChI=1S/C23H27BrN4O2/c1-21(2,29)20-10-19(26-27-20)15-9-17(12-25-11-15)23(30,22(3)13-28(4)14-22)16-5-7-18(24)8-6-16/h5-12,29-30H,13-14H2,1-4H3,(H,26,27)/t23-/m0/s1. The number of nitrogens with one attached hydrogen (secondary N) is 1. The molecule has 3 N–H and O–H groups in total. The first kappa shape index (κ1) is 21.2. The van der Waals surface area contributed by atoms with Crippen molar-refractivity contribution >= 4 is 15.9 Å². The third-order valence-corrected chi connectivity index (χ3v) is 6.59. The lowest BCUT2D eigenvalue weighted by Gasteiger charge is -2.55. The van der Waals surface area contributed by atoms with Crippen LogP contribution >= 0.6 is 15.9 Å². The van der Waals surface area contributed by atoms with E-state index in [0.29, 0.717) is 11.4 Å². The van der Waals surface area contributed by atoms with Gasteiger partial charge in [0.25, 0.3) is 0 Å². The lowest BCUT2D eigenvalue weighted by atomic mass is 9.62. The Hall–Kier alpha value is -2.06. The van der Waals surface area contributed by atoms with Crippen molar-refractivity contribution in [3.05, 3.63) is 70.1 Å². The van der Waals surface area contributed by atoms with Gasteiger partial charge < -0.3 is 15.1 Å². The molecule has 30 heavy (non-hydrogen) atoms. The largest absolute Gasteiger partial charge is 0.384 e. The van der Waals surface area contributed by atoms with Crippen LogP contribution in [0.2, 0.25) is 0 Å². The Kier molecular flexibility index (Phi) is 5.13. The van der Waals surface area contributed by atoms with Crippen LogP contribution in [0, 0.1) is 5.41 Å². The molecule has 3 aromatic rings. The molecule has 0 unspecified atom stereocenters. The van der Waals surface area contributed by atoms with Gasteiger partial charge in [-0.3, -0.25) is 10.1 Å². The Labute approximate surface area is 185 Å². The van der Waals surface area contributed by atoms with Crippen LogP contribution in [0.15, 0.2) is 53.3 Å². The van der Waals surface area contributed by atoms with Crippen molar-refractivity contribution < 1.29 is 10.2 Å². The van der Waals surface area contributed by atoms with Gasteiger partial charge in [-0.2, -0.15) is 5.10 Å². The first-order chi connectivity index (χ1) is 14.0. The fourth-order valence-corrected chi connectivity index (χ4v) is 4.75. The molecule has 1 atom stereocenters. The van der Waals surface area contributed by atoms with Crippen LogP contribution in [0.3, 0.4) is 0 Å². The molecule has 1 aliphatic rings. The summed E-state index contributed by atoms with van der Waals surface area (Å²) in [6.45, 7) is 7.07. The first-order valence-corrected chi connectivity index (χ1v) is 10.7. The van der Waals surface area contributed by atoms with Gasteiger partial charge in [0.1, 0.15) is 11.2 Å². The minimum Gasteiger partial charge on any atom is -0.384 e. The molecule has 3 heterocycles. The van der Waals surface area contributed by atoms with Gasteiger partial charge in [-0.05, 0) is 50.7 Å². The zero-order valence-electron chi connectivity index (χ0n) is 17.6. The fourth-order valence-electron chi connectivity index (χ4n) is 4.49. The van der Waals surface area contributed by atoms with Crippen molar-refractivity contribution in [2.24, 2.45) is 5.41 Å².